The summed E-state index contributed by atoms with van der Waals surface area (Å²) < 4.78 is 5.47. The second-order valence-corrected chi connectivity index (χ2v) is 6.32. The van der Waals surface area contributed by atoms with Crippen LogP contribution >= 0.6 is 11.3 Å². The molecule has 0 fully saturated rings. The standard InChI is InChI=1S/C15H23N3O2S/c1-4-5-7-20-8-6-16-9-12-17-14(19)13-10(2)11(3)21-15(13)18-12/h16H,4-9H2,1-3H3,(H,17,18,19). The molecule has 0 aliphatic carbocycles. The van der Waals surface area contributed by atoms with Crippen molar-refractivity contribution in [2.75, 3.05) is 19.8 Å². The Balaban J connectivity index is 1.90. The number of rotatable bonds is 8. The molecule has 0 saturated carbocycles. The Bertz CT molecular complexity index is 648. The van der Waals surface area contributed by atoms with Gasteiger partial charge in [-0.3, -0.25) is 4.79 Å². The molecule has 2 aromatic rings. The van der Waals surface area contributed by atoms with Crippen molar-refractivity contribution in [3.8, 4) is 0 Å². The third-order valence-electron chi connectivity index (χ3n) is 3.45. The predicted octanol–water partition coefficient (Wildman–Crippen LogP) is 2.51. The normalized spacial score (nSPS) is 11.4. The summed E-state index contributed by atoms with van der Waals surface area (Å²) >= 11 is 1.58. The van der Waals surface area contributed by atoms with Crippen molar-refractivity contribution >= 4 is 21.6 Å². The van der Waals surface area contributed by atoms with Crippen LogP contribution in [0.25, 0.3) is 10.2 Å². The van der Waals surface area contributed by atoms with Crippen molar-refractivity contribution in [3.63, 3.8) is 0 Å². The highest BCUT2D eigenvalue weighted by atomic mass is 32.1. The molecule has 2 heterocycles. The molecule has 0 spiro atoms. The van der Waals surface area contributed by atoms with Gasteiger partial charge in [-0.1, -0.05) is 13.3 Å². The second-order valence-electron chi connectivity index (χ2n) is 5.12. The van der Waals surface area contributed by atoms with Crippen molar-refractivity contribution < 1.29 is 4.74 Å². The van der Waals surface area contributed by atoms with E-state index in [0.717, 1.165) is 46.7 Å². The van der Waals surface area contributed by atoms with Gasteiger partial charge < -0.3 is 15.0 Å². The van der Waals surface area contributed by atoms with Gasteiger partial charge >= 0.3 is 0 Å². The maximum Gasteiger partial charge on any atom is 0.259 e. The average molecular weight is 309 g/mol. The van der Waals surface area contributed by atoms with E-state index in [1.54, 1.807) is 11.3 Å². The zero-order valence-corrected chi connectivity index (χ0v) is 13.7. The summed E-state index contributed by atoms with van der Waals surface area (Å²) in [5, 5.41) is 3.96. The largest absolute Gasteiger partial charge is 0.380 e. The predicted molar refractivity (Wildman–Crippen MR) is 87.1 cm³/mol. The number of unbranched alkanes of at least 4 members (excludes halogenated alkanes) is 1. The highest BCUT2D eigenvalue weighted by molar-refractivity contribution is 7.18. The minimum atomic E-state index is -0.0437. The summed E-state index contributed by atoms with van der Waals surface area (Å²) in [4.78, 5) is 21.5. The van der Waals surface area contributed by atoms with Crippen molar-refractivity contribution in [2.24, 2.45) is 0 Å². The van der Waals surface area contributed by atoms with Crippen LogP contribution in [0.1, 0.15) is 36.0 Å². The molecule has 0 aliphatic heterocycles. The van der Waals surface area contributed by atoms with Crippen LogP contribution in [-0.2, 0) is 11.3 Å². The lowest BCUT2D eigenvalue weighted by Crippen LogP contribution is -2.23. The van der Waals surface area contributed by atoms with Gasteiger partial charge in [0.1, 0.15) is 10.7 Å². The van der Waals surface area contributed by atoms with E-state index in [1.807, 2.05) is 13.8 Å². The maximum absolute atomic E-state index is 12.1. The Hall–Kier alpha value is -1.24. The van der Waals surface area contributed by atoms with E-state index in [4.69, 9.17) is 4.74 Å². The summed E-state index contributed by atoms with van der Waals surface area (Å²) in [5.74, 6) is 0.683. The van der Waals surface area contributed by atoms with Crippen LogP contribution in [0.2, 0.25) is 0 Å². The van der Waals surface area contributed by atoms with Crippen molar-refractivity contribution in [3.05, 3.63) is 26.6 Å². The van der Waals surface area contributed by atoms with Gasteiger partial charge in [-0.2, -0.15) is 0 Å². The topological polar surface area (TPSA) is 67.0 Å². The molecule has 0 aliphatic rings. The number of fused-ring (bicyclic) bond motifs is 1. The lowest BCUT2D eigenvalue weighted by Gasteiger charge is -2.05. The Labute approximate surface area is 128 Å². The molecule has 0 aromatic carbocycles. The van der Waals surface area contributed by atoms with E-state index in [0.29, 0.717) is 19.0 Å². The third-order valence-corrected chi connectivity index (χ3v) is 4.55. The van der Waals surface area contributed by atoms with Crippen molar-refractivity contribution in [1.82, 2.24) is 15.3 Å². The molecule has 0 saturated heterocycles. The average Bonchev–Trinajstić information content (AvgIpc) is 2.73. The number of aryl methyl sites for hydroxylation is 2. The van der Waals surface area contributed by atoms with Crippen LogP contribution in [0.4, 0.5) is 0 Å². The van der Waals surface area contributed by atoms with Gasteiger partial charge in [0, 0.05) is 18.0 Å². The molecule has 5 nitrogen and oxygen atoms in total. The molecular formula is C15H23N3O2S. The number of H-pyrrole nitrogens is 1. The maximum atomic E-state index is 12.1. The Kier molecular flexibility index (Phi) is 5.90. The van der Waals surface area contributed by atoms with Crippen molar-refractivity contribution in [2.45, 2.75) is 40.2 Å². The summed E-state index contributed by atoms with van der Waals surface area (Å²) in [7, 11) is 0. The van der Waals surface area contributed by atoms with Gasteiger partial charge in [-0.15, -0.1) is 11.3 Å². The first-order valence-corrected chi connectivity index (χ1v) is 8.22. The lowest BCUT2D eigenvalue weighted by molar-refractivity contribution is 0.132. The fourth-order valence-electron chi connectivity index (χ4n) is 2.08. The molecule has 2 N–H and O–H groups in total. The van der Waals surface area contributed by atoms with E-state index in [9.17, 15) is 4.79 Å². The van der Waals surface area contributed by atoms with E-state index >= 15 is 0 Å². The fourth-order valence-corrected chi connectivity index (χ4v) is 3.13. The minimum Gasteiger partial charge on any atom is -0.380 e. The number of hydrogen-bond donors (Lipinski definition) is 2. The Morgan fingerprint density at radius 1 is 1.33 bits per heavy atom. The van der Waals surface area contributed by atoms with Crippen LogP contribution in [0, 0.1) is 13.8 Å². The molecule has 2 aromatic heterocycles. The first-order chi connectivity index (χ1) is 10.1. The fraction of sp³-hybridized carbons (Fsp3) is 0.600. The molecule has 21 heavy (non-hydrogen) atoms. The molecule has 6 heteroatoms. The Morgan fingerprint density at radius 3 is 2.90 bits per heavy atom. The summed E-state index contributed by atoms with van der Waals surface area (Å²) in [6, 6.07) is 0. The van der Waals surface area contributed by atoms with Gasteiger partial charge in [0.2, 0.25) is 0 Å². The number of aromatic amines is 1. The lowest BCUT2D eigenvalue weighted by atomic mass is 10.2. The summed E-state index contributed by atoms with van der Waals surface area (Å²) in [6.45, 7) is 8.94. The van der Waals surface area contributed by atoms with E-state index in [2.05, 4.69) is 22.2 Å². The number of nitrogens with one attached hydrogen (secondary N) is 2. The van der Waals surface area contributed by atoms with Crippen molar-refractivity contribution in [1.29, 1.82) is 0 Å². The highest BCUT2D eigenvalue weighted by Gasteiger charge is 2.11. The number of ether oxygens (including phenoxy) is 1. The zero-order valence-electron chi connectivity index (χ0n) is 12.9. The third kappa shape index (κ3) is 4.12. The van der Waals surface area contributed by atoms with E-state index in [-0.39, 0.29) is 5.56 Å². The van der Waals surface area contributed by atoms with Gasteiger partial charge in [0.25, 0.3) is 5.56 Å². The van der Waals surface area contributed by atoms with Crippen LogP contribution in [0.15, 0.2) is 4.79 Å². The highest BCUT2D eigenvalue weighted by Crippen LogP contribution is 2.25. The number of hydrogen-bond acceptors (Lipinski definition) is 5. The van der Waals surface area contributed by atoms with Crippen LogP contribution < -0.4 is 10.9 Å². The minimum absolute atomic E-state index is 0.0437. The van der Waals surface area contributed by atoms with Gasteiger partial charge in [-0.25, -0.2) is 4.98 Å². The first kappa shape index (κ1) is 16.1. The quantitative estimate of drug-likeness (QED) is 0.735. The molecule has 0 bridgehead atoms. The van der Waals surface area contributed by atoms with E-state index in [1.165, 1.54) is 0 Å². The molecule has 0 radical (unpaired) electrons. The Morgan fingerprint density at radius 2 is 2.14 bits per heavy atom. The molecule has 0 atom stereocenters. The zero-order chi connectivity index (χ0) is 15.2. The summed E-state index contributed by atoms with van der Waals surface area (Å²) in [5.41, 5.74) is 0.991. The van der Waals surface area contributed by atoms with Crippen LogP contribution in [0.5, 0.6) is 0 Å². The number of thiophene rings is 1. The molecular weight excluding hydrogens is 286 g/mol. The number of aromatic nitrogens is 2. The first-order valence-electron chi connectivity index (χ1n) is 7.40. The van der Waals surface area contributed by atoms with Crippen LogP contribution in [0.3, 0.4) is 0 Å². The smallest absolute Gasteiger partial charge is 0.259 e. The van der Waals surface area contributed by atoms with Crippen LogP contribution in [-0.4, -0.2) is 29.7 Å². The monoisotopic (exact) mass is 309 g/mol. The number of nitrogens with zero attached hydrogens (tertiary/aromatic N) is 1. The second kappa shape index (κ2) is 7.68. The molecule has 116 valence electrons. The van der Waals surface area contributed by atoms with E-state index < -0.39 is 0 Å². The van der Waals surface area contributed by atoms with Gasteiger partial charge in [0.05, 0.1) is 18.5 Å². The SMILES string of the molecule is CCCCOCCNCc1nc2sc(C)c(C)c2c(=O)[nH]1. The molecule has 0 unspecified atom stereocenters. The summed E-state index contributed by atoms with van der Waals surface area (Å²) in [6.07, 6.45) is 2.25. The van der Waals surface area contributed by atoms with Gasteiger partial charge in [-0.05, 0) is 25.8 Å². The molecule has 2 rings (SSSR count). The van der Waals surface area contributed by atoms with Gasteiger partial charge in [0.15, 0.2) is 0 Å². The molecule has 0 amide bonds.